The van der Waals surface area contributed by atoms with E-state index in [2.05, 4.69) is 32.2 Å². The van der Waals surface area contributed by atoms with Crippen molar-refractivity contribution in [3.8, 4) is 0 Å². The van der Waals surface area contributed by atoms with Crippen molar-refractivity contribution >= 4 is 34.6 Å². The van der Waals surface area contributed by atoms with Gasteiger partial charge in [-0.25, -0.2) is 5.43 Å². The maximum atomic E-state index is 12.2. The highest BCUT2D eigenvalue weighted by molar-refractivity contribution is 6.31. The van der Waals surface area contributed by atoms with E-state index < -0.39 is 0 Å². The molecule has 0 unspecified atom stereocenters. The van der Waals surface area contributed by atoms with E-state index in [1.165, 1.54) is 6.20 Å². The summed E-state index contributed by atoms with van der Waals surface area (Å²) in [7, 11) is 0. The van der Waals surface area contributed by atoms with Gasteiger partial charge in [0.15, 0.2) is 0 Å². The Morgan fingerprint density at radius 2 is 1.93 bits per heavy atom. The van der Waals surface area contributed by atoms with Gasteiger partial charge in [-0.2, -0.15) is 5.10 Å². The molecule has 0 radical (unpaired) electrons. The molecule has 0 saturated carbocycles. The van der Waals surface area contributed by atoms with Crippen molar-refractivity contribution in [1.82, 2.24) is 15.0 Å². The number of carbonyl (C=O) groups excluding carboxylic acids is 1. The van der Waals surface area contributed by atoms with E-state index in [4.69, 9.17) is 11.6 Å². The molecule has 4 rings (SSSR count). The van der Waals surface area contributed by atoms with Crippen molar-refractivity contribution in [2.45, 2.75) is 13.5 Å². The number of nitrogens with one attached hydrogen (secondary N) is 1. The molecule has 144 valence electrons. The van der Waals surface area contributed by atoms with Crippen LogP contribution in [-0.4, -0.2) is 21.7 Å². The number of amides is 1. The summed E-state index contributed by atoms with van der Waals surface area (Å²) in [6.07, 6.45) is 4.82. The number of pyridine rings is 1. The van der Waals surface area contributed by atoms with Gasteiger partial charge in [-0.1, -0.05) is 48.0 Å². The van der Waals surface area contributed by atoms with Crippen LogP contribution in [0.1, 0.15) is 27.2 Å². The van der Waals surface area contributed by atoms with E-state index in [-0.39, 0.29) is 5.91 Å². The molecule has 0 aliphatic rings. The van der Waals surface area contributed by atoms with Gasteiger partial charge in [0, 0.05) is 46.1 Å². The van der Waals surface area contributed by atoms with E-state index in [1.807, 2.05) is 43.3 Å². The van der Waals surface area contributed by atoms with E-state index in [9.17, 15) is 4.79 Å². The van der Waals surface area contributed by atoms with E-state index in [0.29, 0.717) is 12.1 Å². The molecule has 0 bridgehead atoms. The summed E-state index contributed by atoms with van der Waals surface area (Å²) in [5.41, 5.74) is 7.17. The lowest BCUT2D eigenvalue weighted by Gasteiger charge is -2.10. The number of benzene rings is 2. The fraction of sp³-hybridized carbons (Fsp3) is 0.0870. The fourth-order valence-corrected chi connectivity index (χ4v) is 3.53. The minimum absolute atomic E-state index is 0.299. The summed E-state index contributed by atoms with van der Waals surface area (Å²) in [6, 6.07) is 19.4. The lowest BCUT2D eigenvalue weighted by atomic mass is 10.1. The zero-order valence-corrected chi connectivity index (χ0v) is 16.6. The Kier molecular flexibility index (Phi) is 5.40. The molecule has 5 nitrogen and oxygen atoms in total. The highest BCUT2D eigenvalue weighted by Crippen LogP contribution is 2.27. The van der Waals surface area contributed by atoms with Gasteiger partial charge in [0.05, 0.1) is 11.8 Å². The molecule has 0 spiro atoms. The molecule has 2 heterocycles. The second-order valence-corrected chi connectivity index (χ2v) is 7.04. The maximum absolute atomic E-state index is 12.2. The molecule has 0 aliphatic heterocycles. The van der Waals surface area contributed by atoms with Gasteiger partial charge < -0.3 is 4.57 Å². The number of aromatic nitrogens is 2. The molecule has 0 atom stereocenters. The molecule has 29 heavy (non-hydrogen) atoms. The molecular weight excluding hydrogens is 384 g/mol. The van der Waals surface area contributed by atoms with E-state index in [0.717, 1.165) is 32.7 Å². The van der Waals surface area contributed by atoms with Crippen molar-refractivity contribution in [1.29, 1.82) is 0 Å². The quantitative estimate of drug-likeness (QED) is 0.384. The monoisotopic (exact) mass is 402 g/mol. The van der Waals surface area contributed by atoms with E-state index >= 15 is 0 Å². The highest BCUT2D eigenvalue weighted by Gasteiger charge is 2.14. The Morgan fingerprint density at radius 1 is 1.14 bits per heavy atom. The first kappa shape index (κ1) is 18.9. The lowest BCUT2D eigenvalue weighted by molar-refractivity contribution is 0.0955. The lowest BCUT2D eigenvalue weighted by Crippen LogP contribution is -2.17. The molecule has 2 aromatic carbocycles. The Morgan fingerprint density at radius 3 is 2.72 bits per heavy atom. The number of fused-ring (bicyclic) bond motifs is 1. The van der Waals surface area contributed by atoms with Crippen molar-refractivity contribution in [2.24, 2.45) is 5.10 Å². The Labute approximate surface area is 173 Å². The summed E-state index contributed by atoms with van der Waals surface area (Å²) >= 11 is 6.37. The smallest absolute Gasteiger partial charge is 0.272 e. The summed E-state index contributed by atoms with van der Waals surface area (Å²) in [5.74, 6) is -0.299. The normalized spacial score (nSPS) is 11.2. The van der Waals surface area contributed by atoms with Crippen LogP contribution >= 0.6 is 11.6 Å². The van der Waals surface area contributed by atoms with Crippen LogP contribution in [0.5, 0.6) is 0 Å². The zero-order valence-electron chi connectivity index (χ0n) is 15.8. The largest absolute Gasteiger partial charge is 0.340 e. The highest BCUT2D eigenvalue weighted by atomic mass is 35.5. The molecule has 1 amide bonds. The van der Waals surface area contributed by atoms with Crippen molar-refractivity contribution in [3.63, 3.8) is 0 Å². The van der Waals surface area contributed by atoms with Crippen LogP contribution in [0.2, 0.25) is 5.02 Å². The molecule has 0 aliphatic carbocycles. The van der Waals surface area contributed by atoms with Crippen LogP contribution < -0.4 is 5.43 Å². The van der Waals surface area contributed by atoms with E-state index in [1.54, 1.807) is 24.5 Å². The average Bonchev–Trinajstić information content (AvgIpc) is 3.02. The summed E-state index contributed by atoms with van der Waals surface area (Å²) < 4.78 is 2.21. The number of para-hydroxylation sites is 1. The number of carbonyl (C=O) groups is 1. The van der Waals surface area contributed by atoms with Crippen molar-refractivity contribution in [3.05, 3.63) is 100 Å². The SMILES string of the molecule is Cc1c(C=NNC(=O)c2cccnc2)c2ccccc2n1Cc1ccccc1Cl. The number of hydrogen-bond donors (Lipinski definition) is 1. The Hall–Kier alpha value is -3.44. The molecule has 0 saturated heterocycles. The van der Waals surface area contributed by atoms with Crippen LogP contribution in [0.4, 0.5) is 0 Å². The van der Waals surface area contributed by atoms with Gasteiger partial charge in [-0.05, 0) is 36.8 Å². The van der Waals surface area contributed by atoms with Crippen LogP contribution in [0.15, 0.2) is 78.2 Å². The Balaban J connectivity index is 1.66. The van der Waals surface area contributed by atoms with Gasteiger partial charge in [-0.15, -0.1) is 0 Å². The first-order valence-electron chi connectivity index (χ1n) is 9.20. The minimum atomic E-state index is -0.299. The third-order valence-electron chi connectivity index (χ3n) is 4.85. The second-order valence-electron chi connectivity index (χ2n) is 6.63. The standard InChI is InChI=1S/C23H19ClN4O/c1-16-20(14-26-27-23(29)17-8-6-12-25-13-17)19-9-3-5-11-22(19)28(16)15-18-7-2-4-10-21(18)24/h2-14H,15H2,1H3,(H,27,29). The van der Waals surface area contributed by atoms with Gasteiger partial charge >= 0.3 is 0 Å². The van der Waals surface area contributed by atoms with Crippen molar-refractivity contribution in [2.75, 3.05) is 0 Å². The van der Waals surface area contributed by atoms with Crippen LogP contribution in [-0.2, 0) is 6.54 Å². The number of nitrogens with zero attached hydrogens (tertiary/aromatic N) is 3. The first-order chi connectivity index (χ1) is 14.1. The summed E-state index contributed by atoms with van der Waals surface area (Å²) in [5, 5.41) is 5.98. The molecular formula is C23H19ClN4O. The maximum Gasteiger partial charge on any atom is 0.272 e. The molecule has 0 fully saturated rings. The average molecular weight is 403 g/mol. The molecule has 6 heteroatoms. The number of halogens is 1. The van der Waals surface area contributed by atoms with Gasteiger partial charge in [0.25, 0.3) is 5.91 Å². The number of hydrogen-bond acceptors (Lipinski definition) is 3. The number of hydrazone groups is 1. The van der Waals surface area contributed by atoms with Crippen molar-refractivity contribution < 1.29 is 4.79 Å². The van der Waals surface area contributed by atoms with Crippen LogP contribution in [0, 0.1) is 6.92 Å². The summed E-state index contributed by atoms with van der Waals surface area (Å²) in [4.78, 5) is 16.1. The fourth-order valence-electron chi connectivity index (χ4n) is 3.34. The predicted octanol–water partition coefficient (Wildman–Crippen LogP) is 4.81. The van der Waals surface area contributed by atoms with Crippen LogP contribution in [0.3, 0.4) is 0 Å². The first-order valence-corrected chi connectivity index (χ1v) is 9.57. The van der Waals surface area contributed by atoms with Crippen LogP contribution in [0.25, 0.3) is 10.9 Å². The van der Waals surface area contributed by atoms with Gasteiger partial charge in [-0.3, -0.25) is 9.78 Å². The molecule has 2 aromatic heterocycles. The minimum Gasteiger partial charge on any atom is -0.340 e. The van der Waals surface area contributed by atoms with Gasteiger partial charge in [0.1, 0.15) is 0 Å². The molecule has 4 aromatic rings. The second kappa shape index (κ2) is 8.29. The predicted molar refractivity (Wildman–Crippen MR) is 117 cm³/mol. The third-order valence-corrected chi connectivity index (χ3v) is 5.22. The Bertz CT molecular complexity index is 1200. The zero-order chi connectivity index (χ0) is 20.2. The topological polar surface area (TPSA) is 59.3 Å². The third kappa shape index (κ3) is 3.91. The van der Waals surface area contributed by atoms with Gasteiger partial charge in [0.2, 0.25) is 0 Å². The summed E-state index contributed by atoms with van der Waals surface area (Å²) in [6.45, 7) is 2.70. The molecule has 1 N–H and O–H groups in total. The number of rotatable bonds is 5.